The Balaban J connectivity index is 2.73. The molecule has 0 saturated carbocycles. The SMILES string of the molecule is COc1ccc(CCC(C)C(=O)O)c(OC)c1. The zero-order chi connectivity index (χ0) is 12.8. The lowest BCUT2D eigenvalue weighted by molar-refractivity contribution is -0.141. The van der Waals surface area contributed by atoms with E-state index >= 15 is 0 Å². The highest BCUT2D eigenvalue weighted by Crippen LogP contribution is 2.26. The Morgan fingerprint density at radius 1 is 1.35 bits per heavy atom. The number of hydrogen-bond acceptors (Lipinski definition) is 3. The van der Waals surface area contributed by atoms with Crippen molar-refractivity contribution in [2.45, 2.75) is 19.8 Å². The molecule has 0 aliphatic heterocycles. The van der Waals surface area contributed by atoms with Gasteiger partial charge in [0.25, 0.3) is 0 Å². The molecular formula is C13H18O4. The van der Waals surface area contributed by atoms with Gasteiger partial charge in [0.15, 0.2) is 0 Å². The number of benzene rings is 1. The minimum Gasteiger partial charge on any atom is -0.497 e. The first-order valence-corrected chi connectivity index (χ1v) is 5.52. The fraction of sp³-hybridized carbons (Fsp3) is 0.462. The minimum atomic E-state index is -0.766. The van der Waals surface area contributed by atoms with Gasteiger partial charge >= 0.3 is 5.97 Å². The van der Waals surface area contributed by atoms with Crippen molar-refractivity contribution < 1.29 is 19.4 Å². The van der Waals surface area contributed by atoms with E-state index < -0.39 is 5.97 Å². The molecule has 1 rings (SSSR count). The molecule has 0 aromatic heterocycles. The normalized spacial score (nSPS) is 11.9. The molecule has 1 aromatic carbocycles. The maximum Gasteiger partial charge on any atom is 0.306 e. The highest BCUT2D eigenvalue weighted by molar-refractivity contribution is 5.69. The summed E-state index contributed by atoms with van der Waals surface area (Å²) in [7, 11) is 3.19. The first-order valence-electron chi connectivity index (χ1n) is 5.52. The molecule has 0 aliphatic rings. The largest absolute Gasteiger partial charge is 0.497 e. The van der Waals surface area contributed by atoms with Crippen LogP contribution < -0.4 is 9.47 Å². The lowest BCUT2D eigenvalue weighted by atomic mass is 10.0. The third-order valence-electron chi connectivity index (χ3n) is 2.76. The molecule has 0 amide bonds. The van der Waals surface area contributed by atoms with Gasteiger partial charge in [0.05, 0.1) is 20.1 Å². The van der Waals surface area contributed by atoms with Crippen LogP contribution in [0.3, 0.4) is 0 Å². The molecule has 1 atom stereocenters. The first-order chi connectivity index (χ1) is 8.08. The second-order valence-corrected chi connectivity index (χ2v) is 3.96. The number of carboxylic acids is 1. The number of aliphatic carboxylic acids is 1. The van der Waals surface area contributed by atoms with Crippen LogP contribution in [0.1, 0.15) is 18.9 Å². The third kappa shape index (κ3) is 3.66. The van der Waals surface area contributed by atoms with E-state index in [9.17, 15) is 4.79 Å². The second-order valence-electron chi connectivity index (χ2n) is 3.96. The smallest absolute Gasteiger partial charge is 0.306 e. The average molecular weight is 238 g/mol. The van der Waals surface area contributed by atoms with Gasteiger partial charge < -0.3 is 14.6 Å². The minimum absolute atomic E-state index is 0.346. The Labute approximate surface area is 101 Å². The summed E-state index contributed by atoms with van der Waals surface area (Å²) in [5.41, 5.74) is 1.00. The molecule has 0 saturated heterocycles. The van der Waals surface area contributed by atoms with Crippen LogP contribution in [-0.2, 0) is 11.2 Å². The van der Waals surface area contributed by atoms with Crippen LogP contribution in [0.2, 0.25) is 0 Å². The van der Waals surface area contributed by atoms with Crippen LogP contribution in [-0.4, -0.2) is 25.3 Å². The van der Waals surface area contributed by atoms with E-state index in [0.29, 0.717) is 12.8 Å². The Morgan fingerprint density at radius 3 is 2.59 bits per heavy atom. The molecule has 0 heterocycles. The Bertz CT molecular complexity index is 387. The van der Waals surface area contributed by atoms with E-state index in [1.807, 2.05) is 12.1 Å². The zero-order valence-electron chi connectivity index (χ0n) is 10.4. The standard InChI is InChI=1S/C13H18O4/c1-9(13(14)15)4-5-10-6-7-11(16-2)8-12(10)17-3/h6-9H,4-5H2,1-3H3,(H,14,15). The molecule has 0 fully saturated rings. The van der Waals surface area contributed by atoms with Gasteiger partial charge in [-0.1, -0.05) is 13.0 Å². The number of ether oxygens (including phenoxy) is 2. The Hall–Kier alpha value is -1.71. The van der Waals surface area contributed by atoms with Crippen LogP contribution in [0.25, 0.3) is 0 Å². The van der Waals surface area contributed by atoms with Gasteiger partial charge in [0, 0.05) is 6.07 Å². The molecule has 17 heavy (non-hydrogen) atoms. The first kappa shape index (κ1) is 13.4. The van der Waals surface area contributed by atoms with Gasteiger partial charge in [0.1, 0.15) is 11.5 Å². The Morgan fingerprint density at radius 2 is 2.06 bits per heavy atom. The summed E-state index contributed by atoms with van der Waals surface area (Å²) in [5, 5.41) is 8.82. The molecule has 0 spiro atoms. The topological polar surface area (TPSA) is 55.8 Å². The van der Waals surface area contributed by atoms with Crippen LogP contribution in [0.4, 0.5) is 0 Å². The van der Waals surface area contributed by atoms with Gasteiger partial charge in [-0.3, -0.25) is 4.79 Å². The quantitative estimate of drug-likeness (QED) is 0.826. The van der Waals surface area contributed by atoms with Crippen LogP contribution in [0.15, 0.2) is 18.2 Å². The molecule has 0 bridgehead atoms. The van der Waals surface area contributed by atoms with Crippen molar-refractivity contribution in [2.24, 2.45) is 5.92 Å². The number of rotatable bonds is 6. The van der Waals surface area contributed by atoms with Gasteiger partial charge in [-0.05, 0) is 24.5 Å². The summed E-state index contributed by atoms with van der Waals surface area (Å²) in [5.74, 6) is 0.359. The Kier molecular flexibility index (Phi) is 4.82. The summed E-state index contributed by atoms with van der Waals surface area (Å²) in [6.07, 6.45) is 1.28. The summed E-state index contributed by atoms with van der Waals surface area (Å²) >= 11 is 0. The predicted molar refractivity (Wildman–Crippen MR) is 64.7 cm³/mol. The average Bonchev–Trinajstić information content (AvgIpc) is 2.35. The molecule has 94 valence electrons. The van der Waals surface area contributed by atoms with E-state index in [0.717, 1.165) is 17.1 Å². The lowest BCUT2D eigenvalue weighted by Crippen LogP contribution is -2.10. The number of methoxy groups -OCH3 is 2. The van der Waals surface area contributed by atoms with Crippen molar-refractivity contribution in [3.63, 3.8) is 0 Å². The summed E-state index contributed by atoms with van der Waals surface area (Å²) in [4.78, 5) is 10.7. The van der Waals surface area contributed by atoms with E-state index in [-0.39, 0.29) is 5.92 Å². The maximum atomic E-state index is 10.7. The van der Waals surface area contributed by atoms with Gasteiger partial charge in [-0.25, -0.2) is 0 Å². The van der Waals surface area contributed by atoms with Crippen molar-refractivity contribution in [3.05, 3.63) is 23.8 Å². The molecule has 0 radical (unpaired) electrons. The van der Waals surface area contributed by atoms with E-state index in [1.54, 1.807) is 27.2 Å². The highest BCUT2D eigenvalue weighted by atomic mass is 16.5. The zero-order valence-corrected chi connectivity index (χ0v) is 10.4. The summed E-state index contributed by atoms with van der Waals surface area (Å²) < 4.78 is 10.4. The van der Waals surface area contributed by atoms with Gasteiger partial charge in [-0.2, -0.15) is 0 Å². The van der Waals surface area contributed by atoms with Crippen molar-refractivity contribution in [1.82, 2.24) is 0 Å². The molecule has 1 unspecified atom stereocenters. The number of carboxylic acid groups (broad SMARTS) is 1. The predicted octanol–water partition coefficient (Wildman–Crippen LogP) is 2.36. The van der Waals surface area contributed by atoms with Crippen molar-refractivity contribution in [3.8, 4) is 11.5 Å². The van der Waals surface area contributed by atoms with Gasteiger partial charge in [-0.15, -0.1) is 0 Å². The van der Waals surface area contributed by atoms with Crippen LogP contribution in [0.5, 0.6) is 11.5 Å². The van der Waals surface area contributed by atoms with Gasteiger partial charge in [0.2, 0.25) is 0 Å². The second kappa shape index (κ2) is 6.13. The number of carbonyl (C=O) groups is 1. The molecule has 4 nitrogen and oxygen atoms in total. The molecular weight excluding hydrogens is 220 g/mol. The fourth-order valence-corrected chi connectivity index (χ4v) is 1.55. The maximum absolute atomic E-state index is 10.7. The number of aryl methyl sites for hydroxylation is 1. The van der Waals surface area contributed by atoms with E-state index in [1.165, 1.54) is 0 Å². The summed E-state index contributed by atoms with van der Waals surface area (Å²) in [6, 6.07) is 5.57. The van der Waals surface area contributed by atoms with Crippen molar-refractivity contribution in [2.75, 3.05) is 14.2 Å². The molecule has 1 aromatic rings. The van der Waals surface area contributed by atoms with E-state index in [2.05, 4.69) is 0 Å². The fourth-order valence-electron chi connectivity index (χ4n) is 1.55. The van der Waals surface area contributed by atoms with Crippen molar-refractivity contribution in [1.29, 1.82) is 0 Å². The van der Waals surface area contributed by atoms with Crippen LogP contribution >= 0.6 is 0 Å². The lowest BCUT2D eigenvalue weighted by Gasteiger charge is -2.11. The van der Waals surface area contributed by atoms with E-state index in [4.69, 9.17) is 14.6 Å². The third-order valence-corrected chi connectivity index (χ3v) is 2.76. The van der Waals surface area contributed by atoms with Crippen molar-refractivity contribution >= 4 is 5.97 Å². The van der Waals surface area contributed by atoms with Crippen LogP contribution in [0, 0.1) is 5.92 Å². The molecule has 1 N–H and O–H groups in total. The highest BCUT2D eigenvalue weighted by Gasteiger charge is 2.12. The summed E-state index contributed by atoms with van der Waals surface area (Å²) in [6.45, 7) is 1.71. The molecule has 0 aliphatic carbocycles. The monoisotopic (exact) mass is 238 g/mol. The molecule has 4 heteroatoms. The number of hydrogen-bond donors (Lipinski definition) is 1.